The zero-order chi connectivity index (χ0) is 41.7. The maximum atomic E-state index is 10.3. The van der Waals surface area contributed by atoms with Gasteiger partial charge in [0, 0.05) is 40.1 Å². The molecule has 14 rings (SSSR count). The standard InChI is InChI=1S/C51H23B3N4O5/c1-57-29-19-47-51-48(20-29)63-42-24-43-36(22-35(42)53(51)32-12-6-8-14-40(32)60-47)54-34-21-33-37(23-41(34)61-45-17-28(26-56)18-46(62-43)50(45)54)58(30-9-3-2-4-10-30)38-15-27(25-55)16-44-49(38)52(33)31-11-5-7-13-39(31)59-44/h2-24H. The van der Waals surface area contributed by atoms with Crippen LogP contribution in [0.25, 0.3) is 4.85 Å². The summed E-state index contributed by atoms with van der Waals surface area (Å²) in [5.74, 6) is 6.23. The molecule has 8 aromatic carbocycles. The smallest absolute Gasteiger partial charge is 0.260 e. The molecule has 0 amide bonds. The van der Waals surface area contributed by atoms with E-state index in [2.05, 4.69) is 64.3 Å². The van der Waals surface area contributed by atoms with Gasteiger partial charge in [0.15, 0.2) is 5.69 Å². The van der Waals surface area contributed by atoms with Crippen LogP contribution in [-0.2, 0) is 0 Å². The summed E-state index contributed by atoms with van der Waals surface area (Å²) in [7, 11) is 0. The SMILES string of the molecule is [C-]#[N+]c1cc2c3c(c1)Oc1cc4c(cc1B3c1ccccc1O2)B1c2cc3c(cc2Oc2cc(C#N)cc(c21)O4)N(c1ccccc1)c1cc(C#N)cc2c1B3c1ccccc1O2. The minimum absolute atomic E-state index is 0.236. The van der Waals surface area contributed by atoms with E-state index in [1.54, 1.807) is 24.3 Å². The van der Waals surface area contributed by atoms with Gasteiger partial charge in [-0.25, -0.2) is 4.85 Å². The van der Waals surface area contributed by atoms with Crippen LogP contribution in [0.15, 0.2) is 140 Å². The van der Waals surface area contributed by atoms with Gasteiger partial charge in [-0.2, -0.15) is 10.5 Å². The molecule has 0 radical (unpaired) electrons. The third kappa shape index (κ3) is 4.55. The van der Waals surface area contributed by atoms with E-state index in [4.69, 9.17) is 30.3 Å². The van der Waals surface area contributed by atoms with E-state index in [0.29, 0.717) is 62.8 Å². The summed E-state index contributed by atoms with van der Waals surface area (Å²) in [5.41, 5.74) is 12.6. The van der Waals surface area contributed by atoms with E-state index in [1.807, 2.05) is 72.8 Å². The number of ether oxygens (including phenoxy) is 5. The zero-order valence-electron chi connectivity index (χ0n) is 32.8. The fraction of sp³-hybridized carbons (Fsp3) is 0. The molecule has 0 bridgehead atoms. The average Bonchev–Trinajstić information content (AvgIpc) is 3.32. The van der Waals surface area contributed by atoms with E-state index in [1.165, 1.54) is 0 Å². The van der Waals surface area contributed by atoms with Gasteiger partial charge in [0.1, 0.15) is 57.5 Å². The Bertz CT molecular complexity index is 3600. The van der Waals surface area contributed by atoms with Crippen molar-refractivity contribution in [3.63, 3.8) is 0 Å². The molecule has 0 unspecified atom stereocenters. The molecule has 6 heterocycles. The molecule has 0 N–H and O–H groups in total. The number of nitriles is 2. The summed E-state index contributed by atoms with van der Waals surface area (Å²) < 4.78 is 33.5. The van der Waals surface area contributed by atoms with Gasteiger partial charge in [-0.15, -0.1) is 0 Å². The van der Waals surface area contributed by atoms with Crippen LogP contribution in [0.2, 0.25) is 0 Å². The van der Waals surface area contributed by atoms with Crippen molar-refractivity contribution in [2.45, 2.75) is 0 Å². The molecule has 0 aliphatic carbocycles. The molecule has 6 aliphatic heterocycles. The van der Waals surface area contributed by atoms with E-state index < -0.39 is 0 Å². The molecule has 0 aromatic heterocycles. The lowest BCUT2D eigenvalue weighted by Gasteiger charge is -2.41. The number of rotatable bonds is 1. The molecule has 0 atom stereocenters. The Kier molecular flexibility index (Phi) is 6.57. The largest absolute Gasteiger partial charge is 0.460 e. The van der Waals surface area contributed by atoms with Crippen molar-refractivity contribution in [3.8, 4) is 69.6 Å². The first-order valence-corrected chi connectivity index (χ1v) is 20.5. The lowest BCUT2D eigenvalue weighted by molar-refractivity contribution is 0.452. The van der Waals surface area contributed by atoms with Crippen LogP contribution >= 0.6 is 0 Å². The van der Waals surface area contributed by atoms with Gasteiger partial charge >= 0.3 is 0 Å². The van der Waals surface area contributed by atoms with Gasteiger partial charge in [0.2, 0.25) is 0 Å². The van der Waals surface area contributed by atoms with Gasteiger partial charge in [-0.3, -0.25) is 0 Å². The predicted octanol–water partition coefficient (Wildman–Crippen LogP) is 5.84. The van der Waals surface area contributed by atoms with E-state index in [-0.39, 0.29) is 20.1 Å². The Labute approximate surface area is 361 Å². The van der Waals surface area contributed by atoms with Crippen LogP contribution < -0.4 is 77.7 Å². The van der Waals surface area contributed by atoms with E-state index in [0.717, 1.165) is 77.7 Å². The molecule has 286 valence electrons. The molecular weight excluding hydrogens is 781 g/mol. The molecule has 8 aromatic rings. The molecular formula is C51H23B3N4O5. The molecule has 0 fully saturated rings. The maximum Gasteiger partial charge on any atom is 0.260 e. The Morgan fingerprint density at radius 2 is 0.873 bits per heavy atom. The molecule has 9 nitrogen and oxygen atoms in total. The molecule has 12 heteroatoms. The summed E-state index contributed by atoms with van der Waals surface area (Å²) in [6.07, 6.45) is 0. The zero-order valence-corrected chi connectivity index (χ0v) is 32.8. The van der Waals surface area contributed by atoms with E-state index >= 15 is 0 Å². The highest BCUT2D eigenvalue weighted by atomic mass is 16.5. The van der Waals surface area contributed by atoms with Crippen LogP contribution in [-0.4, -0.2) is 20.1 Å². The Morgan fingerprint density at radius 3 is 1.46 bits per heavy atom. The molecule has 0 spiro atoms. The summed E-state index contributed by atoms with van der Waals surface area (Å²) >= 11 is 0. The first-order valence-electron chi connectivity index (χ1n) is 20.5. The van der Waals surface area contributed by atoms with Crippen LogP contribution in [0.3, 0.4) is 0 Å². The normalized spacial score (nSPS) is 13.9. The fourth-order valence-electron chi connectivity index (χ4n) is 10.7. The van der Waals surface area contributed by atoms with Gasteiger partial charge in [-0.1, -0.05) is 66.7 Å². The monoisotopic (exact) mass is 804 g/mol. The number of nitrogens with zero attached hydrogens (tertiary/aromatic N) is 4. The van der Waals surface area contributed by atoms with Crippen LogP contribution in [0.1, 0.15) is 11.1 Å². The highest BCUT2D eigenvalue weighted by Gasteiger charge is 2.48. The van der Waals surface area contributed by atoms with Crippen molar-refractivity contribution in [3.05, 3.63) is 162 Å². The van der Waals surface area contributed by atoms with Crippen molar-refractivity contribution < 1.29 is 23.7 Å². The number of benzene rings is 8. The number of fused-ring (bicyclic) bond motifs is 12. The highest BCUT2D eigenvalue weighted by molar-refractivity contribution is 7.02. The molecule has 0 saturated carbocycles. The second kappa shape index (κ2) is 12.2. The Balaban J connectivity index is 1.04. The first kappa shape index (κ1) is 34.0. The lowest BCUT2D eigenvalue weighted by atomic mass is 9.30. The Morgan fingerprint density at radius 1 is 0.413 bits per heavy atom. The van der Waals surface area contributed by atoms with Crippen LogP contribution in [0.4, 0.5) is 22.7 Å². The predicted molar refractivity (Wildman–Crippen MR) is 243 cm³/mol. The first-order chi connectivity index (χ1) is 31.0. The van der Waals surface area contributed by atoms with Gasteiger partial charge in [-0.05, 0) is 98.9 Å². The van der Waals surface area contributed by atoms with Gasteiger partial charge in [0.05, 0.1) is 29.8 Å². The third-order valence-electron chi connectivity index (χ3n) is 13.2. The van der Waals surface area contributed by atoms with Crippen molar-refractivity contribution in [2.24, 2.45) is 0 Å². The number of hydrogen-bond acceptors (Lipinski definition) is 8. The topological polar surface area (TPSA) is 101 Å². The lowest BCUT2D eigenvalue weighted by Crippen LogP contribution is -2.64. The molecule has 0 saturated heterocycles. The minimum atomic E-state index is -0.367. The summed E-state index contributed by atoms with van der Waals surface area (Å²) in [5, 5.41) is 20.5. The Hall–Kier alpha value is -8.78. The molecule has 6 aliphatic rings. The van der Waals surface area contributed by atoms with Gasteiger partial charge < -0.3 is 28.6 Å². The van der Waals surface area contributed by atoms with Crippen LogP contribution in [0, 0.1) is 29.2 Å². The summed E-state index contributed by atoms with van der Waals surface area (Å²) in [6, 6.07) is 50.4. The van der Waals surface area contributed by atoms with Crippen molar-refractivity contribution in [2.75, 3.05) is 4.90 Å². The van der Waals surface area contributed by atoms with Gasteiger partial charge in [0.25, 0.3) is 20.1 Å². The highest BCUT2D eigenvalue weighted by Crippen LogP contribution is 2.45. The second-order valence-electron chi connectivity index (χ2n) is 16.4. The average molecular weight is 804 g/mol. The molecule has 63 heavy (non-hydrogen) atoms. The number of hydrogen-bond donors (Lipinski definition) is 0. The van der Waals surface area contributed by atoms with Crippen LogP contribution in [0.5, 0.6) is 57.5 Å². The third-order valence-corrected chi connectivity index (χ3v) is 13.2. The fourth-order valence-corrected chi connectivity index (χ4v) is 10.7. The minimum Gasteiger partial charge on any atom is -0.460 e. The number of anilines is 3. The number of para-hydroxylation sites is 3. The maximum absolute atomic E-state index is 10.3. The second-order valence-corrected chi connectivity index (χ2v) is 16.4. The van der Waals surface area contributed by atoms with Crippen molar-refractivity contribution in [1.29, 1.82) is 10.5 Å². The van der Waals surface area contributed by atoms with Crippen molar-refractivity contribution >= 4 is 92.1 Å². The quantitative estimate of drug-likeness (QED) is 0.151. The summed E-state index contributed by atoms with van der Waals surface area (Å²) in [4.78, 5) is 5.92. The van der Waals surface area contributed by atoms with E-state index in [9.17, 15) is 10.5 Å². The van der Waals surface area contributed by atoms with Crippen molar-refractivity contribution in [1.82, 2.24) is 0 Å². The summed E-state index contributed by atoms with van der Waals surface area (Å²) in [6.45, 7) is 6.98.